The number of nitrogens with two attached hydrogens (primary N) is 1. The topological polar surface area (TPSA) is 50.7 Å². The number of nitrogen functional groups attached to an aromatic ring is 1. The van der Waals surface area contributed by atoms with Crippen LogP contribution >= 0.6 is 0 Å². The summed E-state index contributed by atoms with van der Waals surface area (Å²) in [7, 11) is 1.62. The number of aryl methyl sites for hydroxylation is 1. The van der Waals surface area contributed by atoms with Crippen molar-refractivity contribution < 1.29 is 0 Å². The third-order valence-corrected chi connectivity index (χ3v) is 1.39. The predicted molar refractivity (Wildman–Crippen MR) is 46.0 cm³/mol. The van der Waals surface area contributed by atoms with Crippen molar-refractivity contribution in [2.24, 2.45) is 10.2 Å². The molecule has 0 atom stereocenters. The summed E-state index contributed by atoms with van der Waals surface area (Å²) in [5.74, 6) is 0. The van der Waals surface area contributed by atoms with E-state index in [9.17, 15) is 0 Å². The zero-order valence-corrected chi connectivity index (χ0v) is 6.70. The number of hydrogen-bond donors (Lipinski definition) is 1. The Morgan fingerprint density at radius 3 is 2.64 bits per heavy atom. The molecule has 11 heavy (non-hydrogen) atoms. The third-order valence-electron chi connectivity index (χ3n) is 1.39. The molecule has 3 heteroatoms. The molecule has 3 nitrogen and oxygen atoms in total. The summed E-state index contributed by atoms with van der Waals surface area (Å²) in [6, 6.07) is 5.70. The molecule has 0 bridgehead atoms. The summed E-state index contributed by atoms with van der Waals surface area (Å²) in [5.41, 5.74) is 8.20. The molecule has 0 unspecified atom stereocenters. The third kappa shape index (κ3) is 1.77. The molecule has 0 aliphatic carbocycles. The van der Waals surface area contributed by atoms with E-state index >= 15 is 0 Å². The van der Waals surface area contributed by atoms with Gasteiger partial charge in [-0.15, -0.1) is 0 Å². The van der Waals surface area contributed by atoms with Crippen molar-refractivity contribution in [1.82, 2.24) is 0 Å². The molecule has 1 aromatic rings. The maximum absolute atomic E-state index is 5.65. The van der Waals surface area contributed by atoms with Crippen molar-refractivity contribution in [3.05, 3.63) is 23.8 Å². The van der Waals surface area contributed by atoms with Crippen molar-refractivity contribution >= 4 is 11.4 Å². The van der Waals surface area contributed by atoms with Gasteiger partial charge in [-0.25, -0.2) is 0 Å². The van der Waals surface area contributed by atoms with Crippen LogP contribution in [0.15, 0.2) is 28.4 Å². The number of anilines is 1. The van der Waals surface area contributed by atoms with Gasteiger partial charge in [0.2, 0.25) is 0 Å². The van der Waals surface area contributed by atoms with Crippen molar-refractivity contribution in [2.45, 2.75) is 6.92 Å². The lowest BCUT2D eigenvalue weighted by atomic mass is 10.2. The molecule has 0 heterocycles. The molecule has 1 aromatic carbocycles. The van der Waals surface area contributed by atoms with Crippen LogP contribution < -0.4 is 5.73 Å². The van der Waals surface area contributed by atoms with Gasteiger partial charge in [-0.2, -0.15) is 10.2 Å². The standard InChI is InChI=1S/C8H11N3/c1-6-3-4-8(11-10-2)7(9)5-6/h3-5H,9H2,1-2H3. The normalized spacial score (nSPS) is 10.7. The molecule has 0 radical (unpaired) electrons. The Morgan fingerprint density at radius 1 is 1.36 bits per heavy atom. The van der Waals surface area contributed by atoms with Crippen LogP contribution in [0.2, 0.25) is 0 Å². The van der Waals surface area contributed by atoms with Crippen LogP contribution in [-0.4, -0.2) is 7.05 Å². The van der Waals surface area contributed by atoms with Gasteiger partial charge in [0.25, 0.3) is 0 Å². The van der Waals surface area contributed by atoms with Gasteiger partial charge >= 0.3 is 0 Å². The number of azo groups is 1. The zero-order chi connectivity index (χ0) is 8.27. The zero-order valence-electron chi connectivity index (χ0n) is 6.70. The van der Waals surface area contributed by atoms with Gasteiger partial charge in [0.05, 0.1) is 5.69 Å². The summed E-state index contributed by atoms with van der Waals surface area (Å²) >= 11 is 0. The fraction of sp³-hybridized carbons (Fsp3) is 0.250. The fourth-order valence-electron chi connectivity index (χ4n) is 0.873. The van der Waals surface area contributed by atoms with E-state index in [-0.39, 0.29) is 0 Å². The summed E-state index contributed by atoms with van der Waals surface area (Å²) in [6.07, 6.45) is 0. The molecule has 0 fully saturated rings. The van der Waals surface area contributed by atoms with Crippen LogP contribution in [0.1, 0.15) is 5.56 Å². The number of hydrogen-bond acceptors (Lipinski definition) is 3. The van der Waals surface area contributed by atoms with Gasteiger partial charge in [0, 0.05) is 7.05 Å². The highest BCUT2D eigenvalue weighted by Gasteiger charge is 1.95. The van der Waals surface area contributed by atoms with Crippen LogP contribution in [-0.2, 0) is 0 Å². The molecule has 0 aliphatic rings. The summed E-state index contributed by atoms with van der Waals surface area (Å²) < 4.78 is 0. The molecule has 0 saturated carbocycles. The smallest absolute Gasteiger partial charge is 0.108 e. The number of rotatable bonds is 1. The molecule has 0 aliphatic heterocycles. The van der Waals surface area contributed by atoms with Crippen molar-refractivity contribution in [3.8, 4) is 0 Å². The average Bonchev–Trinajstić information content (AvgIpc) is 1.95. The first-order valence-corrected chi connectivity index (χ1v) is 3.40. The molecule has 2 N–H and O–H groups in total. The van der Waals surface area contributed by atoms with E-state index < -0.39 is 0 Å². The first-order valence-electron chi connectivity index (χ1n) is 3.40. The maximum Gasteiger partial charge on any atom is 0.108 e. The Kier molecular flexibility index (Phi) is 2.21. The Bertz CT molecular complexity index is 279. The monoisotopic (exact) mass is 149 g/mol. The van der Waals surface area contributed by atoms with Gasteiger partial charge in [-0.1, -0.05) is 6.07 Å². The number of nitrogens with zero attached hydrogens (tertiary/aromatic N) is 2. The van der Waals surface area contributed by atoms with Crippen molar-refractivity contribution in [1.29, 1.82) is 0 Å². The largest absolute Gasteiger partial charge is 0.397 e. The summed E-state index contributed by atoms with van der Waals surface area (Å²) in [5, 5.41) is 7.49. The van der Waals surface area contributed by atoms with Crippen LogP contribution in [0, 0.1) is 6.92 Å². The second-order valence-electron chi connectivity index (χ2n) is 2.36. The highest BCUT2D eigenvalue weighted by Crippen LogP contribution is 2.22. The van der Waals surface area contributed by atoms with E-state index in [1.54, 1.807) is 7.05 Å². The average molecular weight is 149 g/mol. The molecular weight excluding hydrogens is 138 g/mol. The van der Waals surface area contributed by atoms with E-state index in [2.05, 4.69) is 10.2 Å². The van der Waals surface area contributed by atoms with Gasteiger partial charge in [0.1, 0.15) is 5.69 Å². The van der Waals surface area contributed by atoms with E-state index in [0.717, 1.165) is 11.3 Å². The van der Waals surface area contributed by atoms with Crippen LogP contribution in [0.5, 0.6) is 0 Å². The van der Waals surface area contributed by atoms with Gasteiger partial charge in [-0.05, 0) is 24.6 Å². The molecule has 0 saturated heterocycles. The lowest BCUT2D eigenvalue weighted by Gasteiger charge is -1.98. The van der Waals surface area contributed by atoms with Crippen LogP contribution in [0.3, 0.4) is 0 Å². The first kappa shape index (κ1) is 7.72. The quantitative estimate of drug-likeness (QED) is 0.483. The van der Waals surface area contributed by atoms with E-state index in [4.69, 9.17) is 5.73 Å². The minimum Gasteiger partial charge on any atom is -0.397 e. The Labute approximate surface area is 65.9 Å². The van der Waals surface area contributed by atoms with Crippen molar-refractivity contribution in [2.75, 3.05) is 12.8 Å². The first-order chi connectivity index (χ1) is 5.24. The van der Waals surface area contributed by atoms with Gasteiger partial charge in [0.15, 0.2) is 0 Å². The fourth-order valence-corrected chi connectivity index (χ4v) is 0.873. The molecule has 0 amide bonds. The van der Waals surface area contributed by atoms with E-state index in [0.29, 0.717) is 5.69 Å². The predicted octanol–water partition coefficient (Wildman–Crippen LogP) is 2.29. The highest BCUT2D eigenvalue weighted by molar-refractivity contribution is 5.62. The van der Waals surface area contributed by atoms with Crippen LogP contribution in [0.4, 0.5) is 11.4 Å². The molecule has 0 aromatic heterocycles. The van der Waals surface area contributed by atoms with Crippen molar-refractivity contribution in [3.63, 3.8) is 0 Å². The number of benzene rings is 1. The lowest BCUT2D eigenvalue weighted by Crippen LogP contribution is -1.85. The highest BCUT2D eigenvalue weighted by atomic mass is 15.1. The molecule has 0 spiro atoms. The van der Waals surface area contributed by atoms with E-state index in [1.165, 1.54) is 0 Å². The Balaban J connectivity index is 3.09. The second-order valence-corrected chi connectivity index (χ2v) is 2.36. The SMILES string of the molecule is CN=Nc1ccc(C)cc1N. The minimum absolute atomic E-state index is 0.676. The second kappa shape index (κ2) is 3.14. The lowest BCUT2D eigenvalue weighted by molar-refractivity contribution is 1.17. The molecule has 58 valence electrons. The molecular formula is C8H11N3. The summed E-state index contributed by atoms with van der Waals surface area (Å²) in [6.45, 7) is 1.99. The van der Waals surface area contributed by atoms with Gasteiger partial charge in [-0.3, -0.25) is 0 Å². The van der Waals surface area contributed by atoms with E-state index in [1.807, 2.05) is 25.1 Å². The Hall–Kier alpha value is -1.38. The summed E-state index contributed by atoms with van der Waals surface area (Å²) in [4.78, 5) is 0. The maximum atomic E-state index is 5.65. The minimum atomic E-state index is 0.676. The Morgan fingerprint density at radius 2 is 2.09 bits per heavy atom. The van der Waals surface area contributed by atoms with Gasteiger partial charge < -0.3 is 5.73 Å². The molecule has 1 rings (SSSR count). The van der Waals surface area contributed by atoms with Crippen LogP contribution in [0.25, 0.3) is 0 Å².